The number of carbonyl (C=O) groups is 1. The second kappa shape index (κ2) is 8.52. The second-order valence-electron chi connectivity index (χ2n) is 8.44. The van der Waals surface area contributed by atoms with Gasteiger partial charge >= 0.3 is 6.36 Å². The summed E-state index contributed by atoms with van der Waals surface area (Å²) < 4.78 is 41.1. The molecular weight excluding hydrogens is 443 g/mol. The van der Waals surface area contributed by atoms with Gasteiger partial charge in [0.05, 0.1) is 11.0 Å². The Kier molecular flexibility index (Phi) is 5.51. The molecule has 1 aromatic heterocycles. The Bertz CT molecular complexity index is 1360. The summed E-state index contributed by atoms with van der Waals surface area (Å²) in [5.41, 5.74) is 6.57. The third-order valence-corrected chi connectivity index (χ3v) is 6.00. The summed E-state index contributed by atoms with van der Waals surface area (Å²) in [6.07, 6.45) is -3.10. The topological polar surface area (TPSA) is 58.2 Å². The summed E-state index contributed by atoms with van der Waals surface area (Å²) in [5, 5.41) is 0. The predicted octanol–water partition coefficient (Wildman–Crippen LogP) is 6.03. The number of benzene rings is 3. The zero-order chi connectivity index (χ0) is 23.9. The molecule has 34 heavy (non-hydrogen) atoms. The van der Waals surface area contributed by atoms with Gasteiger partial charge in [-0.2, -0.15) is 0 Å². The molecule has 0 atom stereocenters. The Balaban J connectivity index is 1.38. The summed E-state index contributed by atoms with van der Waals surface area (Å²) >= 11 is 0. The van der Waals surface area contributed by atoms with Crippen LogP contribution in [0.3, 0.4) is 0 Å². The molecule has 1 aliphatic rings. The molecule has 1 aliphatic heterocycles. The number of nitrogens with zero attached hydrogens (tertiary/aromatic N) is 2. The number of hydrogen-bond acceptors (Lipinski definition) is 3. The van der Waals surface area contributed by atoms with Gasteiger partial charge < -0.3 is 14.6 Å². The molecular formula is C26H22F3N3O2. The van der Waals surface area contributed by atoms with Gasteiger partial charge in [-0.05, 0) is 84.5 Å². The van der Waals surface area contributed by atoms with Crippen molar-refractivity contribution in [2.75, 3.05) is 6.54 Å². The molecule has 8 heteroatoms. The predicted molar refractivity (Wildman–Crippen MR) is 122 cm³/mol. The number of hydrogen-bond donors (Lipinski definition) is 1. The SMILES string of the molecule is Cc1nc2cc(-c3ccc4c(c3)CN(C(=O)c3ccc(OC(F)(F)F)cc3)CCC4)ccc2[nH]1. The summed E-state index contributed by atoms with van der Waals surface area (Å²) in [6.45, 7) is 2.93. The number of alkyl halides is 3. The van der Waals surface area contributed by atoms with Crippen LogP contribution in [0.2, 0.25) is 0 Å². The lowest BCUT2D eigenvalue weighted by Crippen LogP contribution is -2.30. The molecule has 5 nitrogen and oxygen atoms in total. The van der Waals surface area contributed by atoms with Crippen LogP contribution < -0.4 is 4.74 Å². The minimum atomic E-state index is -4.77. The number of rotatable bonds is 3. The van der Waals surface area contributed by atoms with Gasteiger partial charge in [-0.3, -0.25) is 4.79 Å². The zero-order valence-electron chi connectivity index (χ0n) is 18.4. The molecule has 3 aromatic carbocycles. The van der Waals surface area contributed by atoms with E-state index in [4.69, 9.17) is 0 Å². The number of imidazole rings is 1. The molecule has 0 spiro atoms. The number of H-pyrrole nitrogens is 1. The smallest absolute Gasteiger partial charge is 0.406 e. The molecule has 0 radical (unpaired) electrons. The van der Waals surface area contributed by atoms with Crippen LogP contribution in [0.5, 0.6) is 5.75 Å². The van der Waals surface area contributed by atoms with E-state index in [1.54, 1.807) is 4.90 Å². The van der Waals surface area contributed by atoms with E-state index in [0.717, 1.165) is 58.5 Å². The number of aryl methyl sites for hydroxylation is 2. The number of carbonyl (C=O) groups excluding carboxylic acids is 1. The molecule has 2 heterocycles. The molecule has 1 amide bonds. The van der Waals surface area contributed by atoms with Crippen LogP contribution in [0, 0.1) is 6.92 Å². The third-order valence-electron chi connectivity index (χ3n) is 6.00. The first kappa shape index (κ1) is 22.0. The number of fused-ring (bicyclic) bond motifs is 2. The van der Waals surface area contributed by atoms with Crippen LogP contribution in [0.25, 0.3) is 22.2 Å². The lowest BCUT2D eigenvalue weighted by atomic mass is 9.97. The molecule has 5 rings (SSSR count). The standard InChI is InChI=1S/C26H22F3N3O2/c1-16-30-23-11-8-20(14-24(23)31-16)19-5-4-17-3-2-12-32(15-21(17)13-19)25(33)18-6-9-22(10-7-18)34-26(27,28)29/h4-11,13-14H,2-3,12,15H2,1H3,(H,30,31). The van der Waals surface area contributed by atoms with Crippen molar-refractivity contribution in [1.82, 2.24) is 14.9 Å². The molecule has 174 valence electrons. The second-order valence-corrected chi connectivity index (χ2v) is 8.44. The number of aromatic amines is 1. The van der Waals surface area contributed by atoms with Gasteiger partial charge in [-0.1, -0.05) is 18.2 Å². The van der Waals surface area contributed by atoms with Gasteiger partial charge in [0.2, 0.25) is 0 Å². The van der Waals surface area contributed by atoms with E-state index in [9.17, 15) is 18.0 Å². The summed E-state index contributed by atoms with van der Waals surface area (Å²) in [4.78, 5) is 22.6. The molecule has 0 unspecified atom stereocenters. The maximum Gasteiger partial charge on any atom is 0.573 e. The maximum atomic E-state index is 13.1. The van der Waals surface area contributed by atoms with Crippen LogP contribution in [0.4, 0.5) is 13.2 Å². The lowest BCUT2D eigenvalue weighted by molar-refractivity contribution is -0.274. The number of aromatic nitrogens is 2. The Labute approximate surface area is 194 Å². The molecule has 0 saturated heterocycles. The van der Waals surface area contributed by atoms with Crippen molar-refractivity contribution >= 4 is 16.9 Å². The number of amides is 1. The van der Waals surface area contributed by atoms with E-state index in [-0.39, 0.29) is 11.7 Å². The van der Waals surface area contributed by atoms with Crippen LogP contribution in [-0.2, 0) is 13.0 Å². The number of nitrogens with one attached hydrogen (secondary N) is 1. The highest BCUT2D eigenvalue weighted by molar-refractivity contribution is 5.94. The van der Waals surface area contributed by atoms with Crippen LogP contribution in [0.1, 0.15) is 33.7 Å². The summed E-state index contributed by atoms with van der Waals surface area (Å²) in [6, 6.07) is 17.5. The van der Waals surface area contributed by atoms with Crippen LogP contribution >= 0.6 is 0 Å². The van der Waals surface area contributed by atoms with E-state index in [1.807, 2.05) is 25.1 Å². The highest BCUT2D eigenvalue weighted by atomic mass is 19.4. The third kappa shape index (κ3) is 4.62. The van der Waals surface area contributed by atoms with Gasteiger partial charge in [0.25, 0.3) is 5.91 Å². The highest BCUT2D eigenvalue weighted by Gasteiger charge is 2.31. The number of ether oxygens (including phenoxy) is 1. The fourth-order valence-corrected chi connectivity index (χ4v) is 4.41. The molecule has 0 saturated carbocycles. The van der Waals surface area contributed by atoms with E-state index in [0.29, 0.717) is 18.7 Å². The van der Waals surface area contributed by atoms with Crippen molar-refractivity contribution in [3.05, 3.63) is 83.2 Å². The first-order valence-electron chi connectivity index (χ1n) is 11.0. The lowest BCUT2D eigenvalue weighted by Gasteiger charge is -2.21. The van der Waals surface area contributed by atoms with Gasteiger partial charge in [-0.25, -0.2) is 4.98 Å². The Morgan fingerprint density at radius 1 is 1.00 bits per heavy atom. The average Bonchev–Trinajstić information content (AvgIpc) is 3.03. The minimum Gasteiger partial charge on any atom is -0.406 e. The Morgan fingerprint density at radius 3 is 2.50 bits per heavy atom. The molecule has 1 N–H and O–H groups in total. The van der Waals surface area contributed by atoms with Gasteiger partial charge in [0, 0.05) is 18.7 Å². The molecule has 4 aromatic rings. The Morgan fingerprint density at radius 2 is 1.74 bits per heavy atom. The van der Waals surface area contributed by atoms with Crippen molar-refractivity contribution in [2.45, 2.75) is 32.7 Å². The summed E-state index contributed by atoms with van der Waals surface area (Å²) in [5.74, 6) is 0.297. The highest BCUT2D eigenvalue weighted by Crippen LogP contribution is 2.29. The first-order chi connectivity index (χ1) is 16.2. The molecule has 0 aliphatic carbocycles. The zero-order valence-corrected chi connectivity index (χ0v) is 18.4. The van der Waals surface area contributed by atoms with Crippen molar-refractivity contribution in [1.29, 1.82) is 0 Å². The quantitative estimate of drug-likeness (QED) is 0.402. The van der Waals surface area contributed by atoms with Gasteiger partial charge in [0.15, 0.2) is 0 Å². The largest absolute Gasteiger partial charge is 0.573 e. The average molecular weight is 465 g/mol. The van der Waals surface area contributed by atoms with Crippen molar-refractivity contribution in [3.63, 3.8) is 0 Å². The normalized spacial score (nSPS) is 14.1. The monoisotopic (exact) mass is 465 g/mol. The van der Waals surface area contributed by atoms with E-state index >= 15 is 0 Å². The molecule has 0 bridgehead atoms. The fourth-order valence-electron chi connectivity index (χ4n) is 4.41. The van der Waals surface area contributed by atoms with Crippen LogP contribution in [0.15, 0.2) is 60.7 Å². The van der Waals surface area contributed by atoms with Crippen molar-refractivity contribution in [3.8, 4) is 16.9 Å². The fraction of sp³-hybridized carbons (Fsp3) is 0.231. The minimum absolute atomic E-state index is 0.217. The Hall–Kier alpha value is -3.81. The molecule has 0 fully saturated rings. The summed E-state index contributed by atoms with van der Waals surface area (Å²) in [7, 11) is 0. The van der Waals surface area contributed by atoms with Gasteiger partial charge in [0.1, 0.15) is 11.6 Å². The van der Waals surface area contributed by atoms with Crippen LogP contribution in [-0.4, -0.2) is 33.7 Å². The van der Waals surface area contributed by atoms with E-state index < -0.39 is 6.36 Å². The van der Waals surface area contributed by atoms with Crippen molar-refractivity contribution in [2.24, 2.45) is 0 Å². The first-order valence-corrected chi connectivity index (χ1v) is 11.0. The van der Waals surface area contributed by atoms with Crippen molar-refractivity contribution < 1.29 is 22.7 Å². The number of halogens is 3. The van der Waals surface area contributed by atoms with E-state index in [1.165, 1.54) is 17.7 Å². The maximum absolute atomic E-state index is 13.1. The van der Waals surface area contributed by atoms with Gasteiger partial charge in [-0.15, -0.1) is 13.2 Å². The van der Waals surface area contributed by atoms with E-state index in [2.05, 4.69) is 32.9 Å².